The van der Waals surface area contributed by atoms with Crippen LogP contribution in [0.2, 0.25) is 5.02 Å². The van der Waals surface area contributed by atoms with Crippen LogP contribution in [-0.4, -0.2) is 49.7 Å². The summed E-state index contributed by atoms with van der Waals surface area (Å²) >= 11 is 6.03. The molecule has 2 aromatic carbocycles. The van der Waals surface area contributed by atoms with E-state index in [4.69, 9.17) is 11.6 Å². The van der Waals surface area contributed by atoms with Gasteiger partial charge in [-0.2, -0.15) is 4.31 Å². The molecule has 0 N–H and O–H groups in total. The molecule has 1 amide bonds. The number of hydrogen-bond acceptors (Lipinski definition) is 3. The zero-order chi connectivity index (χ0) is 20.6. The van der Waals surface area contributed by atoms with Gasteiger partial charge in [0.1, 0.15) is 0 Å². The van der Waals surface area contributed by atoms with Gasteiger partial charge in [-0.15, -0.1) is 0 Å². The van der Waals surface area contributed by atoms with Crippen molar-refractivity contribution in [1.82, 2.24) is 9.21 Å². The van der Waals surface area contributed by atoms with Crippen LogP contribution < -0.4 is 0 Å². The lowest BCUT2D eigenvalue weighted by Gasteiger charge is -2.29. The molecule has 2 atom stereocenters. The molecule has 2 fully saturated rings. The number of likely N-dealkylation sites (tertiary alicyclic amines) is 1. The summed E-state index contributed by atoms with van der Waals surface area (Å²) in [5.74, 6) is 0.201. The number of benzene rings is 2. The number of hydrogen-bond donors (Lipinski definition) is 0. The van der Waals surface area contributed by atoms with Crippen molar-refractivity contribution in [2.45, 2.75) is 24.7 Å². The molecule has 0 spiro atoms. The van der Waals surface area contributed by atoms with Gasteiger partial charge in [-0.3, -0.25) is 4.79 Å². The fourth-order valence-electron chi connectivity index (χ4n) is 4.73. The summed E-state index contributed by atoms with van der Waals surface area (Å²) < 4.78 is 28.1. The van der Waals surface area contributed by atoms with E-state index in [2.05, 4.69) is 12.1 Å². The van der Waals surface area contributed by atoms with Gasteiger partial charge < -0.3 is 4.90 Å². The van der Waals surface area contributed by atoms with E-state index in [1.54, 1.807) is 29.4 Å². The first-order valence-corrected chi connectivity index (χ1v) is 11.7. The van der Waals surface area contributed by atoms with Crippen molar-refractivity contribution < 1.29 is 13.2 Å². The maximum Gasteiger partial charge on any atom is 0.243 e. The second-order valence-electron chi connectivity index (χ2n) is 8.20. The highest BCUT2D eigenvalue weighted by Crippen LogP contribution is 2.47. The molecule has 7 heteroatoms. The molecule has 29 heavy (non-hydrogen) atoms. The van der Waals surface area contributed by atoms with Crippen molar-refractivity contribution in [3.8, 4) is 0 Å². The maximum atomic E-state index is 13.2. The molecule has 0 radical (unpaired) electrons. The number of carbonyl (C=O) groups excluding carboxylic acids is 1. The van der Waals surface area contributed by atoms with Crippen LogP contribution in [0.15, 0.2) is 59.5 Å². The number of amides is 1. The highest BCUT2D eigenvalue weighted by atomic mass is 35.5. The Bertz CT molecular complexity index is 1010. The lowest BCUT2D eigenvalue weighted by molar-refractivity contribution is -0.128. The number of halogens is 1. The summed E-state index contributed by atoms with van der Waals surface area (Å²) in [5, 5.41) is 0.409. The molecule has 2 aliphatic rings. The van der Waals surface area contributed by atoms with E-state index >= 15 is 0 Å². The molecule has 5 nitrogen and oxygen atoms in total. The molecule has 2 heterocycles. The van der Waals surface area contributed by atoms with Gasteiger partial charge >= 0.3 is 0 Å². The zero-order valence-corrected chi connectivity index (χ0v) is 18.0. The predicted molar refractivity (Wildman–Crippen MR) is 113 cm³/mol. The average molecular weight is 433 g/mol. The van der Waals surface area contributed by atoms with E-state index < -0.39 is 10.0 Å². The topological polar surface area (TPSA) is 57.7 Å². The molecule has 0 bridgehead atoms. The third-order valence-electron chi connectivity index (χ3n) is 6.36. The molecular weight excluding hydrogens is 408 g/mol. The smallest absolute Gasteiger partial charge is 0.243 e. The molecule has 0 aromatic heterocycles. The number of sulfonamides is 1. The lowest BCUT2D eigenvalue weighted by atomic mass is 9.76. The molecule has 154 valence electrons. The number of rotatable bonds is 5. The first kappa shape index (κ1) is 20.4. The fraction of sp³-hybridized carbons (Fsp3) is 0.409. The first-order chi connectivity index (χ1) is 13.8. The van der Waals surface area contributed by atoms with Gasteiger partial charge in [0.15, 0.2) is 0 Å². The largest absolute Gasteiger partial charge is 0.342 e. The first-order valence-electron chi connectivity index (χ1n) is 9.85. The molecule has 2 aliphatic heterocycles. The van der Waals surface area contributed by atoms with Crippen molar-refractivity contribution in [2.24, 2.45) is 11.3 Å². The highest BCUT2D eigenvalue weighted by Gasteiger charge is 2.55. The summed E-state index contributed by atoms with van der Waals surface area (Å²) in [5.41, 5.74) is 1.02. The summed E-state index contributed by atoms with van der Waals surface area (Å²) in [6, 6.07) is 16.7. The van der Waals surface area contributed by atoms with Crippen LogP contribution in [0, 0.1) is 11.3 Å². The Balaban J connectivity index is 1.59. The minimum Gasteiger partial charge on any atom is -0.342 e. The third-order valence-corrected chi connectivity index (χ3v) is 8.40. The van der Waals surface area contributed by atoms with E-state index in [-0.39, 0.29) is 22.1 Å². The number of fused-ring (bicyclic) bond motifs is 1. The number of nitrogens with zero attached hydrogens (tertiary/aromatic N) is 2. The summed E-state index contributed by atoms with van der Waals surface area (Å²) in [6.45, 7) is 3.69. The van der Waals surface area contributed by atoms with Crippen molar-refractivity contribution in [2.75, 3.05) is 26.2 Å². The van der Waals surface area contributed by atoms with E-state index in [0.717, 1.165) is 12.8 Å². The monoisotopic (exact) mass is 432 g/mol. The van der Waals surface area contributed by atoms with Crippen molar-refractivity contribution in [3.05, 3.63) is 65.2 Å². The predicted octanol–water partition coefficient (Wildman–Crippen LogP) is 3.44. The van der Waals surface area contributed by atoms with Crippen molar-refractivity contribution in [3.63, 3.8) is 0 Å². The van der Waals surface area contributed by atoms with Crippen LogP contribution in [-0.2, 0) is 21.2 Å². The molecule has 2 aromatic rings. The van der Waals surface area contributed by atoms with E-state index in [0.29, 0.717) is 31.2 Å². The molecule has 0 saturated carbocycles. The van der Waals surface area contributed by atoms with Gasteiger partial charge in [-0.05, 0) is 42.5 Å². The maximum absolute atomic E-state index is 13.2. The quantitative estimate of drug-likeness (QED) is 0.727. The van der Waals surface area contributed by atoms with Crippen molar-refractivity contribution >= 4 is 27.5 Å². The van der Waals surface area contributed by atoms with E-state index in [1.807, 2.05) is 23.1 Å². The van der Waals surface area contributed by atoms with Gasteiger partial charge in [0.05, 0.1) is 4.90 Å². The Morgan fingerprint density at radius 1 is 1.10 bits per heavy atom. The molecule has 2 unspecified atom stereocenters. The highest BCUT2D eigenvalue weighted by molar-refractivity contribution is 7.89. The van der Waals surface area contributed by atoms with E-state index in [1.165, 1.54) is 11.6 Å². The van der Waals surface area contributed by atoms with Crippen LogP contribution in [0.3, 0.4) is 0 Å². The van der Waals surface area contributed by atoms with Crippen LogP contribution >= 0.6 is 11.6 Å². The summed E-state index contributed by atoms with van der Waals surface area (Å²) in [6.07, 6.45) is 1.72. The standard InChI is InChI=1S/C22H25ClN2O3S/c1-17(26)24-13-19-14-25(29(27,28)21-9-5-8-20(23)12-21)16-22(19,15-24)11-10-18-6-3-2-4-7-18/h2-9,12,19H,10-11,13-16H2,1H3. The number of aryl methyl sites for hydroxylation is 1. The minimum atomic E-state index is -3.62. The Hall–Kier alpha value is -1.89. The zero-order valence-electron chi connectivity index (χ0n) is 16.4. The molecule has 0 aliphatic carbocycles. The fourth-order valence-corrected chi connectivity index (χ4v) is 6.61. The van der Waals surface area contributed by atoms with Gasteiger partial charge in [0.2, 0.25) is 15.9 Å². The summed E-state index contributed by atoms with van der Waals surface area (Å²) in [4.78, 5) is 14.1. The Labute approximate surface area is 177 Å². The third kappa shape index (κ3) is 3.93. The molecule has 2 saturated heterocycles. The van der Waals surface area contributed by atoms with E-state index in [9.17, 15) is 13.2 Å². The molecular formula is C22H25ClN2O3S. The van der Waals surface area contributed by atoms with Crippen molar-refractivity contribution in [1.29, 1.82) is 0 Å². The minimum absolute atomic E-state index is 0.0581. The second kappa shape index (κ2) is 7.74. The van der Waals surface area contributed by atoms with Gasteiger partial charge in [0, 0.05) is 43.5 Å². The van der Waals surface area contributed by atoms with Gasteiger partial charge in [0.25, 0.3) is 0 Å². The Morgan fingerprint density at radius 3 is 2.55 bits per heavy atom. The van der Waals surface area contributed by atoms with Gasteiger partial charge in [-0.1, -0.05) is 48.0 Å². The Morgan fingerprint density at radius 2 is 1.86 bits per heavy atom. The summed E-state index contributed by atoms with van der Waals surface area (Å²) in [7, 11) is -3.62. The number of carbonyl (C=O) groups is 1. The second-order valence-corrected chi connectivity index (χ2v) is 10.6. The lowest BCUT2D eigenvalue weighted by Crippen LogP contribution is -2.38. The van der Waals surface area contributed by atoms with Crippen LogP contribution in [0.25, 0.3) is 0 Å². The van der Waals surface area contributed by atoms with Gasteiger partial charge in [-0.25, -0.2) is 8.42 Å². The SMILES string of the molecule is CC(=O)N1CC2CN(S(=O)(=O)c3cccc(Cl)c3)CC2(CCc2ccccc2)C1. The van der Waals surface area contributed by atoms with Crippen LogP contribution in [0.1, 0.15) is 18.9 Å². The van der Waals surface area contributed by atoms with Crippen LogP contribution in [0.4, 0.5) is 0 Å². The van der Waals surface area contributed by atoms with Crippen LogP contribution in [0.5, 0.6) is 0 Å². The molecule has 4 rings (SSSR count). The Kier molecular flexibility index (Phi) is 5.44. The normalized spacial score (nSPS) is 24.6. The average Bonchev–Trinajstić information content (AvgIpc) is 3.22.